The molecule has 1 aliphatic rings. The molecule has 1 heterocycles. The van der Waals surface area contributed by atoms with Gasteiger partial charge in [-0.05, 0) is 5.92 Å². The summed E-state index contributed by atoms with van der Waals surface area (Å²) in [6.45, 7) is 3.95. The SMILES string of the molecule is CC(C)[C@H](O)C(=O)N1CCOC(CF)C1. The van der Waals surface area contributed by atoms with Gasteiger partial charge in [0.05, 0.1) is 6.61 Å². The van der Waals surface area contributed by atoms with Gasteiger partial charge >= 0.3 is 0 Å². The van der Waals surface area contributed by atoms with Crippen LogP contribution in [0.2, 0.25) is 0 Å². The molecule has 2 atom stereocenters. The van der Waals surface area contributed by atoms with Crippen LogP contribution < -0.4 is 0 Å². The summed E-state index contributed by atoms with van der Waals surface area (Å²) in [6, 6.07) is 0. The van der Waals surface area contributed by atoms with Gasteiger partial charge in [-0.2, -0.15) is 0 Å². The van der Waals surface area contributed by atoms with E-state index >= 15 is 0 Å². The number of carbonyl (C=O) groups is 1. The Bertz CT molecular complexity index is 223. The van der Waals surface area contributed by atoms with Gasteiger partial charge in [-0.25, -0.2) is 4.39 Å². The molecule has 0 bridgehead atoms. The minimum absolute atomic E-state index is 0.121. The number of rotatable bonds is 3. The lowest BCUT2D eigenvalue weighted by Gasteiger charge is -2.33. The van der Waals surface area contributed by atoms with Crippen molar-refractivity contribution in [3.05, 3.63) is 0 Å². The van der Waals surface area contributed by atoms with Crippen LogP contribution >= 0.6 is 0 Å². The summed E-state index contributed by atoms with van der Waals surface area (Å²) in [5, 5.41) is 9.58. The van der Waals surface area contributed by atoms with Gasteiger partial charge in [0, 0.05) is 13.1 Å². The quantitative estimate of drug-likeness (QED) is 0.737. The zero-order chi connectivity index (χ0) is 11.4. The number of halogens is 1. The minimum atomic E-state index is -0.997. The molecule has 15 heavy (non-hydrogen) atoms. The third kappa shape index (κ3) is 3.14. The normalized spacial score (nSPS) is 24.3. The first kappa shape index (κ1) is 12.4. The van der Waals surface area contributed by atoms with E-state index in [1.54, 1.807) is 13.8 Å². The van der Waals surface area contributed by atoms with Crippen LogP contribution in [-0.4, -0.2) is 54.5 Å². The lowest BCUT2D eigenvalue weighted by Crippen LogP contribution is -2.50. The molecular formula is C10H18FNO3. The fourth-order valence-electron chi connectivity index (χ4n) is 1.49. The second-order valence-corrected chi connectivity index (χ2v) is 4.12. The maximum absolute atomic E-state index is 12.3. The monoisotopic (exact) mass is 219 g/mol. The van der Waals surface area contributed by atoms with E-state index in [1.165, 1.54) is 4.90 Å². The standard InChI is InChI=1S/C10H18FNO3/c1-7(2)9(13)10(14)12-3-4-15-8(5-11)6-12/h7-9,13H,3-6H2,1-2H3/t8?,9-/m0/s1. The Kier molecular flexibility index (Phi) is 4.47. The van der Waals surface area contributed by atoms with E-state index in [4.69, 9.17) is 4.74 Å². The van der Waals surface area contributed by atoms with Crippen LogP contribution in [0, 0.1) is 5.92 Å². The van der Waals surface area contributed by atoms with Gasteiger partial charge in [0.15, 0.2) is 0 Å². The fraction of sp³-hybridized carbons (Fsp3) is 0.900. The number of aliphatic hydroxyl groups excluding tert-OH is 1. The first-order valence-corrected chi connectivity index (χ1v) is 5.20. The largest absolute Gasteiger partial charge is 0.383 e. The van der Waals surface area contributed by atoms with Crippen LogP contribution in [0.5, 0.6) is 0 Å². The van der Waals surface area contributed by atoms with Crippen LogP contribution in [0.25, 0.3) is 0 Å². The van der Waals surface area contributed by atoms with E-state index in [-0.39, 0.29) is 18.4 Å². The highest BCUT2D eigenvalue weighted by molar-refractivity contribution is 5.81. The van der Waals surface area contributed by atoms with Crippen LogP contribution in [0.4, 0.5) is 4.39 Å². The van der Waals surface area contributed by atoms with Crippen LogP contribution in [0.15, 0.2) is 0 Å². The molecular weight excluding hydrogens is 201 g/mol. The molecule has 0 aliphatic carbocycles. The Balaban J connectivity index is 2.52. The van der Waals surface area contributed by atoms with E-state index in [0.717, 1.165) is 0 Å². The lowest BCUT2D eigenvalue weighted by molar-refractivity contribution is -0.150. The van der Waals surface area contributed by atoms with Crippen LogP contribution in [0.3, 0.4) is 0 Å². The Labute approximate surface area is 89.0 Å². The number of ether oxygens (including phenoxy) is 1. The Hall–Kier alpha value is -0.680. The topological polar surface area (TPSA) is 49.8 Å². The third-order valence-corrected chi connectivity index (χ3v) is 2.51. The maximum Gasteiger partial charge on any atom is 0.251 e. The summed E-state index contributed by atoms with van der Waals surface area (Å²) in [4.78, 5) is 13.2. The van der Waals surface area contributed by atoms with E-state index in [2.05, 4.69) is 0 Å². The highest BCUT2D eigenvalue weighted by Gasteiger charge is 2.29. The zero-order valence-electron chi connectivity index (χ0n) is 9.15. The van der Waals surface area contributed by atoms with Crippen molar-refractivity contribution < 1.29 is 19.0 Å². The molecule has 5 heteroatoms. The summed E-state index contributed by atoms with van der Waals surface area (Å²) in [5.41, 5.74) is 0. The van der Waals surface area contributed by atoms with Gasteiger partial charge in [-0.15, -0.1) is 0 Å². The number of morpholine rings is 1. The number of hydrogen-bond donors (Lipinski definition) is 1. The number of alkyl halides is 1. The molecule has 0 radical (unpaired) electrons. The van der Waals surface area contributed by atoms with Crippen molar-refractivity contribution in [3.63, 3.8) is 0 Å². The molecule has 0 spiro atoms. The number of carbonyl (C=O) groups excluding carboxylic acids is 1. The summed E-state index contributed by atoms with van der Waals surface area (Å²) in [6.07, 6.45) is -1.54. The molecule has 4 nitrogen and oxygen atoms in total. The van der Waals surface area contributed by atoms with Crippen LogP contribution in [0.1, 0.15) is 13.8 Å². The molecule has 88 valence electrons. The lowest BCUT2D eigenvalue weighted by atomic mass is 10.1. The Morgan fingerprint density at radius 1 is 1.67 bits per heavy atom. The van der Waals surface area contributed by atoms with E-state index in [0.29, 0.717) is 13.2 Å². The molecule has 1 rings (SSSR count). The van der Waals surface area contributed by atoms with Gasteiger partial charge in [0.2, 0.25) is 0 Å². The highest BCUT2D eigenvalue weighted by atomic mass is 19.1. The molecule has 0 aromatic carbocycles. The molecule has 1 saturated heterocycles. The zero-order valence-corrected chi connectivity index (χ0v) is 9.15. The number of amides is 1. The van der Waals surface area contributed by atoms with Crippen molar-refractivity contribution in [1.29, 1.82) is 0 Å². The van der Waals surface area contributed by atoms with Crippen molar-refractivity contribution in [2.75, 3.05) is 26.4 Å². The fourth-order valence-corrected chi connectivity index (χ4v) is 1.49. The van der Waals surface area contributed by atoms with Crippen molar-refractivity contribution in [2.24, 2.45) is 5.92 Å². The number of hydrogen-bond acceptors (Lipinski definition) is 3. The van der Waals surface area contributed by atoms with E-state index in [9.17, 15) is 14.3 Å². The third-order valence-electron chi connectivity index (χ3n) is 2.51. The predicted molar refractivity (Wildman–Crippen MR) is 53.1 cm³/mol. The molecule has 1 unspecified atom stereocenters. The molecule has 1 N–H and O–H groups in total. The van der Waals surface area contributed by atoms with Crippen molar-refractivity contribution in [2.45, 2.75) is 26.1 Å². The maximum atomic E-state index is 12.3. The van der Waals surface area contributed by atoms with Gasteiger partial charge in [0.1, 0.15) is 18.9 Å². The summed E-state index contributed by atoms with van der Waals surface area (Å²) in [7, 11) is 0. The molecule has 0 saturated carbocycles. The average Bonchev–Trinajstić information content (AvgIpc) is 2.27. The molecule has 0 aromatic heterocycles. The number of nitrogens with zero attached hydrogens (tertiary/aromatic N) is 1. The smallest absolute Gasteiger partial charge is 0.251 e. The van der Waals surface area contributed by atoms with Crippen molar-refractivity contribution >= 4 is 5.91 Å². The first-order valence-electron chi connectivity index (χ1n) is 5.20. The molecule has 1 amide bonds. The Morgan fingerprint density at radius 3 is 2.87 bits per heavy atom. The first-order chi connectivity index (χ1) is 7.06. The van der Waals surface area contributed by atoms with E-state index in [1.807, 2.05) is 0 Å². The molecule has 0 aromatic rings. The van der Waals surface area contributed by atoms with Crippen molar-refractivity contribution in [3.8, 4) is 0 Å². The minimum Gasteiger partial charge on any atom is -0.383 e. The second-order valence-electron chi connectivity index (χ2n) is 4.12. The van der Waals surface area contributed by atoms with E-state index < -0.39 is 18.9 Å². The summed E-state index contributed by atoms with van der Waals surface area (Å²) >= 11 is 0. The van der Waals surface area contributed by atoms with Gasteiger partial charge in [-0.3, -0.25) is 4.79 Å². The van der Waals surface area contributed by atoms with Gasteiger partial charge in [-0.1, -0.05) is 13.8 Å². The second kappa shape index (κ2) is 5.42. The number of aliphatic hydroxyl groups is 1. The van der Waals surface area contributed by atoms with Crippen molar-refractivity contribution in [1.82, 2.24) is 4.90 Å². The molecule has 1 aliphatic heterocycles. The molecule has 1 fully saturated rings. The summed E-state index contributed by atoms with van der Waals surface area (Å²) < 4.78 is 17.4. The van der Waals surface area contributed by atoms with Crippen LogP contribution in [-0.2, 0) is 9.53 Å². The average molecular weight is 219 g/mol. The van der Waals surface area contributed by atoms with Gasteiger partial charge < -0.3 is 14.7 Å². The summed E-state index contributed by atoms with van der Waals surface area (Å²) in [5.74, 6) is -0.448. The predicted octanol–water partition coefficient (Wildman–Crippen LogP) is 0.200. The van der Waals surface area contributed by atoms with Gasteiger partial charge in [0.25, 0.3) is 5.91 Å². The highest BCUT2D eigenvalue weighted by Crippen LogP contribution is 2.11. The Morgan fingerprint density at radius 2 is 2.33 bits per heavy atom.